The molecule has 1 aromatic carbocycles. The largest absolute Gasteiger partial charge is 0.469 e. The van der Waals surface area contributed by atoms with Crippen molar-refractivity contribution < 1.29 is 9.15 Å². The highest BCUT2D eigenvalue weighted by molar-refractivity contribution is 5.80. The first-order chi connectivity index (χ1) is 15.7. The van der Waals surface area contributed by atoms with Gasteiger partial charge in [-0.05, 0) is 55.2 Å². The zero-order chi connectivity index (χ0) is 22.1. The van der Waals surface area contributed by atoms with Crippen LogP contribution in [0.15, 0.2) is 58.1 Å². The van der Waals surface area contributed by atoms with Gasteiger partial charge in [0, 0.05) is 58.9 Å². The molecule has 2 N–H and O–H groups in total. The minimum atomic E-state index is 0.352. The third-order valence-electron chi connectivity index (χ3n) is 6.79. The Bertz CT molecular complexity index is 810. The van der Waals surface area contributed by atoms with E-state index in [-0.39, 0.29) is 0 Å². The molecule has 2 fully saturated rings. The summed E-state index contributed by atoms with van der Waals surface area (Å²) in [4.78, 5) is 7.56. The van der Waals surface area contributed by atoms with Gasteiger partial charge in [0.1, 0.15) is 5.76 Å². The minimum absolute atomic E-state index is 0.352. The lowest BCUT2D eigenvalue weighted by atomic mass is 10.0. The molecule has 6 heteroatoms. The summed E-state index contributed by atoms with van der Waals surface area (Å²) in [5.41, 5.74) is 1.75. The summed E-state index contributed by atoms with van der Waals surface area (Å²) in [6.45, 7) is 5.78. The van der Waals surface area contributed by atoms with Gasteiger partial charge in [-0.1, -0.05) is 30.3 Å². The first kappa shape index (κ1) is 22.9. The smallest absolute Gasteiger partial charge is 0.191 e. The Hall–Kier alpha value is -2.31. The van der Waals surface area contributed by atoms with Crippen LogP contribution >= 0.6 is 0 Å². The van der Waals surface area contributed by atoms with E-state index in [9.17, 15) is 0 Å². The van der Waals surface area contributed by atoms with Gasteiger partial charge in [0.15, 0.2) is 5.96 Å². The summed E-state index contributed by atoms with van der Waals surface area (Å²) in [5.74, 6) is 1.95. The fraction of sp³-hybridized carbons (Fsp3) is 0.577. The van der Waals surface area contributed by atoms with Crippen molar-refractivity contribution in [3.05, 3.63) is 60.1 Å². The van der Waals surface area contributed by atoms with Crippen LogP contribution in [0.4, 0.5) is 0 Å². The number of methoxy groups -OCH3 is 1. The molecule has 0 atom stereocenters. The van der Waals surface area contributed by atoms with Gasteiger partial charge in [0.25, 0.3) is 0 Å². The number of aliphatic imine (C=N–C) groups is 1. The van der Waals surface area contributed by atoms with Crippen LogP contribution in [0, 0.1) is 5.41 Å². The normalized spacial score (nSPS) is 19.1. The second kappa shape index (κ2) is 11.5. The van der Waals surface area contributed by atoms with Crippen molar-refractivity contribution in [1.29, 1.82) is 0 Å². The van der Waals surface area contributed by atoms with Gasteiger partial charge in [-0.2, -0.15) is 0 Å². The number of rotatable bonds is 11. The molecule has 6 nitrogen and oxygen atoms in total. The van der Waals surface area contributed by atoms with E-state index in [0.717, 1.165) is 76.7 Å². The number of nitrogens with one attached hydrogen (secondary N) is 2. The number of guanidine groups is 1. The summed E-state index contributed by atoms with van der Waals surface area (Å²) in [7, 11) is 1.78. The predicted molar refractivity (Wildman–Crippen MR) is 129 cm³/mol. The lowest BCUT2D eigenvalue weighted by Crippen LogP contribution is -2.49. The van der Waals surface area contributed by atoms with E-state index in [0.29, 0.717) is 11.5 Å². The second-order valence-corrected chi connectivity index (χ2v) is 9.34. The van der Waals surface area contributed by atoms with Crippen LogP contribution in [0.2, 0.25) is 0 Å². The van der Waals surface area contributed by atoms with E-state index in [1.54, 1.807) is 13.4 Å². The molecular weight excluding hydrogens is 400 g/mol. The molecule has 0 unspecified atom stereocenters. The lowest BCUT2D eigenvalue weighted by Gasteiger charge is -2.33. The molecular formula is C26H38N4O2. The van der Waals surface area contributed by atoms with E-state index in [4.69, 9.17) is 14.1 Å². The standard InChI is InChI=1S/C26H38N4O2/c1-31-19-14-26(12-13-26)21-28-25(27-15-9-24-8-5-18-32-24)29-23-10-16-30(17-11-23)20-22-6-3-2-4-7-22/h2-8,18,23H,9-17,19-21H2,1H3,(H2,27,28,29). The van der Waals surface area contributed by atoms with Crippen LogP contribution in [0.3, 0.4) is 0 Å². The molecule has 0 bridgehead atoms. The van der Waals surface area contributed by atoms with Gasteiger partial charge in [0.2, 0.25) is 0 Å². The lowest BCUT2D eigenvalue weighted by molar-refractivity contribution is 0.174. The van der Waals surface area contributed by atoms with Crippen LogP contribution < -0.4 is 10.6 Å². The third-order valence-corrected chi connectivity index (χ3v) is 6.79. The second-order valence-electron chi connectivity index (χ2n) is 9.34. The number of hydrogen-bond donors (Lipinski definition) is 2. The van der Waals surface area contributed by atoms with Crippen molar-refractivity contribution in [1.82, 2.24) is 15.5 Å². The summed E-state index contributed by atoms with van der Waals surface area (Å²) in [6, 6.07) is 15.2. The minimum Gasteiger partial charge on any atom is -0.469 e. The molecule has 1 aromatic heterocycles. The molecule has 0 amide bonds. The SMILES string of the molecule is COCCC1(CN=C(NCCc2ccco2)NC2CCN(Cc3ccccc3)CC2)CC1. The Kier molecular flexibility index (Phi) is 8.24. The first-order valence-corrected chi connectivity index (χ1v) is 12.1. The molecule has 1 aliphatic heterocycles. The Morgan fingerprint density at radius 3 is 2.66 bits per heavy atom. The van der Waals surface area contributed by atoms with E-state index >= 15 is 0 Å². The highest BCUT2D eigenvalue weighted by Crippen LogP contribution is 2.48. The number of nitrogens with zero attached hydrogens (tertiary/aromatic N) is 2. The Balaban J connectivity index is 1.27. The van der Waals surface area contributed by atoms with Gasteiger partial charge in [-0.3, -0.25) is 9.89 Å². The molecule has 2 aliphatic rings. The van der Waals surface area contributed by atoms with Crippen molar-refractivity contribution in [3.63, 3.8) is 0 Å². The predicted octanol–water partition coefficient (Wildman–Crippen LogP) is 3.84. The highest BCUT2D eigenvalue weighted by Gasteiger charge is 2.41. The molecule has 1 saturated carbocycles. The van der Waals surface area contributed by atoms with Gasteiger partial charge in [0.05, 0.1) is 6.26 Å². The van der Waals surface area contributed by atoms with Crippen molar-refractivity contribution >= 4 is 5.96 Å². The topological polar surface area (TPSA) is 62.0 Å². The number of furan rings is 1. The van der Waals surface area contributed by atoms with Crippen LogP contribution in [0.25, 0.3) is 0 Å². The quantitative estimate of drug-likeness (QED) is 0.412. The summed E-state index contributed by atoms with van der Waals surface area (Å²) >= 11 is 0. The van der Waals surface area contributed by atoms with Crippen LogP contribution in [0.1, 0.15) is 43.4 Å². The van der Waals surface area contributed by atoms with E-state index < -0.39 is 0 Å². The fourth-order valence-electron chi connectivity index (χ4n) is 4.41. The first-order valence-electron chi connectivity index (χ1n) is 12.1. The van der Waals surface area contributed by atoms with Crippen LogP contribution in [-0.2, 0) is 17.7 Å². The van der Waals surface area contributed by atoms with Crippen LogP contribution in [0.5, 0.6) is 0 Å². The average Bonchev–Trinajstić information content (AvgIpc) is 3.40. The van der Waals surface area contributed by atoms with Gasteiger partial charge >= 0.3 is 0 Å². The zero-order valence-electron chi connectivity index (χ0n) is 19.4. The molecule has 0 spiro atoms. The molecule has 1 aliphatic carbocycles. The molecule has 4 rings (SSSR count). The Labute approximate surface area is 192 Å². The molecule has 32 heavy (non-hydrogen) atoms. The van der Waals surface area contributed by atoms with Gasteiger partial charge in [-0.25, -0.2) is 0 Å². The van der Waals surface area contributed by atoms with Gasteiger partial charge < -0.3 is 19.8 Å². The molecule has 174 valence electrons. The van der Waals surface area contributed by atoms with E-state index in [1.165, 1.54) is 18.4 Å². The maximum Gasteiger partial charge on any atom is 0.191 e. The van der Waals surface area contributed by atoms with Crippen molar-refractivity contribution in [2.45, 2.75) is 51.1 Å². The van der Waals surface area contributed by atoms with Crippen molar-refractivity contribution in [2.24, 2.45) is 10.4 Å². The van der Waals surface area contributed by atoms with Crippen molar-refractivity contribution in [3.8, 4) is 0 Å². The summed E-state index contributed by atoms with van der Waals surface area (Å²) in [6.07, 6.45) is 8.50. The Morgan fingerprint density at radius 1 is 1.16 bits per heavy atom. The van der Waals surface area contributed by atoms with E-state index in [2.05, 4.69) is 45.9 Å². The summed E-state index contributed by atoms with van der Waals surface area (Å²) < 4.78 is 10.8. The molecule has 1 saturated heterocycles. The summed E-state index contributed by atoms with van der Waals surface area (Å²) in [5, 5.41) is 7.27. The average molecular weight is 439 g/mol. The maximum atomic E-state index is 5.47. The number of likely N-dealkylation sites (tertiary alicyclic amines) is 1. The molecule has 2 heterocycles. The van der Waals surface area contributed by atoms with Crippen LogP contribution in [-0.4, -0.2) is 56.8 Å². The third kappa shape index (κ3) is 7.10. The number of benzene rings is 1. The highest BCUT2D eigenvalue weighted by atomic mass is 16.5. The zero-order valence-corrected chi connectivity index (χ0v) is 19.4. The molecule has 2 aromatic rings. The number of ether oxygens (including phenoxy) is 1. The monoisotopic (exact) mass is 438 g/mol. The number of hydrogen-bond acceptors (Lipinski definition) is 4. The van der Waals surface area contributed by atoms with Crippen molar-refractivity contribution in [2.75, 3.05) is 39.9 Å². The number of piperidine rings is 1. The maximum absolute atomic E-state index is 5.47. The van der Waals surface area contributed by atoms with E-state index in [1.807, 2.05) is 12.1 Å². The van der Waals surface area contributed by atoms with Gasteiger partial charge in [-0.15, -0.1) is 0 Å². The molecule has 0 radical (unpaired) electrons. The Morgan fingerprint density at radius 2 is 1.97 bits per heavy atom. The fourth-order valence-corrected chi connectivity index (χ4v) is 4.41.